The standard InChI is InChI=1S/C20H17BrN4O3/c1-28-16-8-4-14(5-9-16)19(26)25-18-17(22-10-11-23-18)20(27)24-12-13-2-6-15(21)7-3-13/h2-11H,12H2,1H3,(H,24,27)(H,23,25,26). The molecule has 142 valence electrons. The van der Waals surface area contributed by atoms with E-state index in [2.05, 4.69) is 36.5 Å². The maximum atomic E-state index is 12.5. The molecule has 0 saturated carbocycles. The fourth-order valence-electron chi connectivity index (χ4n) is 2.39. The van der Waals surface area contributed by atoms with Gasteiger partial charge in [-0.05, 0) is 42.0 Å². The highest BCUT2D eigenvalue weighted by molar-refractivity contribution is 9.10. The highest BCUT2D eigenvalue weighted by Crippen LogP contribution is 2.15. The largest absolute Gasteiger partial charge is 0.497 e. The van der Waals surface area contributed by atoms with Crippen LogP contribution in [-0.4, -0.2) is 28.9 Å². The molecule has 0 aliphatic rings. The Kier molecular flexibility index (Phi) is 6.33. The molecule has 2 amide bonds. The Morgan fingerprint density at radius 2 is 1.64 bits per heavy atom. The van der Waals surface area contributed by atoms with Gasteiger partial charge in [0.25, 0.3) is 11.8 Å². The highest BCUT2D eigenvalue weighted by atomic mass is 79.9. The van der Waals surface area contributed by atoms with Crippen molar-refractivity contribution in [1.29, 1.82) is 0 Å². The van der Waals surface area contributed by atoms with Crippen LogP contribution in [0.2, 0.25) is 0 Å². The predicted molar refractivity (Wildman–Crippen MR) is 108 cm³/mol. The van der Waals surface area contributed by atoms with E-state index in [1.54, 1.807) is 31.4 Å². The Balaban J connectivity index is 1.70. The first kappa shape index (κ1) is 19.5. The summed E-state index contributed by atoms with van der Waals surface area (Å²) >= 11 is 3.37. The predicted octanol–water partition coefficient (Wildman–Crippen LogP) is 3.43. The van der Waals surface area contributed by atoms with E-state index in [0.29, 0.717) is 17.9 Å². The first-order valence-corrected chi connectivity index (χ1v) is 9.15. The van der Waals surface area contributed by atoms with Crippen molar-refractivity contribution in [2.45, 2.75) is 6.54 Å². The van der Waals surface area contributed by atoms with E-state index in [4.69, 9.17) is 4.74 Å². The summed E-state index contributed by atoms with van der Waals surface area (Å²) in [6.45, 7) is 0.328. The molecule has 2 aromatic carbocycles. The lowest BCUT2D eigenvalue weighted by Crippen LogP contribution is -2.26. The number of rotatable bonds is 6. The Morgan fingerprint density at radius 3 is 2.32 bits per heavy atom. The van der Waals surface area contributed by atoms with Crippen molar-refractivity contribution in [3.8, 4) is 5.75 Å². The molecule has 3 aromatic rings. The smallest absolute Gasteiger partial charge is 0.274 e. The van der Waals surface area contributed by atoms with Gasteiger partial charge in [0.2, 0.25) is 0 Å². The number of carbonyl (C=O) groups excluding carboxylic acids is 2. The SMILES string of the molecule is COc1ccc(C(=O)Nc2nccnc2C(=O)NCc2ccc(Br)cc2)cc1. The molecule has 0 radical (unpaired) electrons. The average Bonchev–Trinajstić information content (AvgIpc) is 2.73. The van der Waals surface area contributed by atoms with Crippen LogP contribution >= 0.6 is 15.9 Å². The van der Waals surface area contributed by atoms with Crippen molar-refractivity contribution in [2.24, 2.45) is 0 Å². The lowest BCUT2D eigenvalue weighted by atomic mass is 10.2. The fourth-order valence-corrected chi connectivity index (χ4v) is 2.65. The average molecular weight is 441 g/mol. The van der Waals surface area contributed by atoms with Gasteiger partial charge in [0.1, 0.15) is 5.75 Å². The van der Waals surface area contributed by atoms with Gasteiger partial charge in [-0.2, -0.15) is 0 Å². The molecule has 1 aromatic heterocycles. The van der Waals surface area contributed by atoms with Gasteiger partial charge in [-0.15, -0.1) is 0 Å². The summed E-state index contributed by atoms with van der Waals surface area (Å²) in [4.78, 5) is 33.1. The highest BCUT2D eigenvalue weighted by Gasteiger charge is 2.17. The zero-order valence-corrected chi connectivity index (χ0v) is 16.6. The molecule has 0 spiro atoms. The van der Waals surface area contributed by atoms with Crippen LogP contribution in [0.4, 0.5) is 5.82 Å². The Hall–Kier alpha value is -3.26. The van der Waals surface area contributed by atoms with Gasteiger partial charge in [0.15, 0.2) is 11.5 Å². The van der Waals surface area contributed by atoms with Crippen LogP contribution < -0.4 is 15.4 Å². The second-order valence-electron chi connectivity index (χ2n) is 5.75. The van der Waals surface area contributed by atoms with E-state index in [-0.39, 0.29) is 11.5 Å². The minimum absolute atomic E-state index is 0.0430. The van der Waals surface area contributed by atoms with Crippen molar-refractivity contribution in [1.82, 2.24) is 15.3 Å². The summed E-state index contributed by atoms with van der Waals surface area (Å²) in [7, 11) is 1.55. The lowest BCUT2D eigenvalue weighted by molar-refractivity contribution is 0.0946. The third kappa shape index (κ3) is 4.92. The number of ether oxygens (including phenoxy) is 1. The summed E-state index contributed by atoms with van der Waals surface area (Å²) < 4.78 is 6.04. The number of anilines is 1. The lowest BCUT2D eigenvalue weighted by Gasteiger charge is -2.10. The molecule has 28 heavy (non-hydrogen) atoms. The van der Waals surface area contributed by atoms with Gasteiger partial charge in [-0.1, -0.05) is 28.1 Å². The topological polar surface area (TPSA) is 93.2 Å². The van der Waals surface area contributed by atoms with E-state index in [9.17, 15) is 9.59 Å². The number of hydrogen-bond acceptors (Lipinski definition) is 5. The molecular weight excluding hydrogens is 424 g/mol. The maximum Gasteiger partial charge on any atom is 0.274 e. The van der Waals surface area contributed by atoms with Crippen LogP contribution in [0.1, 0.15) is 26.4 Å². The number of nitrogens with one attached hydrogen (secondary N) is 2. The fraction of sp³-hybridized carbons (Fsp3) is 0.100. The first-order valence-electron chi connectivity index (χ1n) is 8.36. The van der Waals surface area contributed by atoms with Crippen molar-refractivity contribution < 1.29 is 14.3 Å². The number of hydrogen-bond donors (Lipinski definition) is 2. The number of halogens is 1. The normalized spacial score (nSPS) is 10.2. The van der Waals surface area contributed by atoms with E-state index in [1.807, 2.05) is 24.3 Å². The number of methoxy groups -OCH3 is 1. The minimum Gasteiger partial charge on any atom is -0.497 e. The number of nitrogens with zero attached hydrogens (tertiary/aromatic N) is 2. The van der Waals surface area contributed by atoms with Gasteiger partial charge in [-0.25, -0.2) is 9.97 Å². The zero-order valence-electron chi connectivity index (χ0n) is 15.0. The molecular formula is C20H17BrN4O3. The zero-order chi connectivity index (χ0) is 19.9. The van der Waals surface area contributed by atoms with Crippen LogP contribution in [0, 0.1) is 0 Å². The summed E-state index contributed by atoms with van der Waals surface area (Å²) in [5, 5.41) is 5.41. The van der Waals surface area contributed by atoms with Crippen LogP contribution in [0.15, 0.2) is 65.4 Å². The minimum atomic E-state index is -0.430. The van der Waals surface area contributed by atoms with Gasteiger partial charge >= 0.3 is 0 Å². The molecule has 2 N–H and O–H groups in total. The van der Waals surface area contributed by atoms with E-state index in [0.717, 1.165) is 10.0 Å². The molecule has 0 fully saturated rings. The van der Waals surface area contributed by atoms with Crippen LogP contribution in [0.25, 0.3) is 0 Å². The third-order valence-electron chi connectivity index (χ3n) is 3.86. The summed E-state index contributed by atoms with van der Waals surface area (Å²) in [5.74, 6) is -0.0909. The van der Waals surface area contributed by atoms with Crippen molar-refractivity contribution in [3.05, 3.63) is 82.2 Å². The second-order valence-corrected chi connectivity index (χ2v) is 6.66. The molecule has 0 aliphatic heterocycles. The van der Waals surface area contributed by atoms with Crippen LogP contribution in [0.5, 0.6) is 5.75 Å². The molecule has 7 nitrogen and oxygen atoms in total. The van der Waals surface area contributed by atoms with Gasteiger partial charge in [0.05, 0.1) is 7.11 Å². The van der Waals surface area contributed by atoms with E-state index < -0.39 is 11.8 Å². The Labute approximate surface area is 170 Å². The van der Waals surface area contributed by atoms with Gasteiger partial charge in [0, 0.05) is 29.0 Å². The van der Waals surface area contributed by atoms with E-state index in [1.165, 1.54) is 12.4 Å². The summed E-state index contributed by atoms with van der Waals surface area (Å²) in [5.41, 5.74) is 1.39. The van der Waals surface area contributed by atoms with Crippen LogP contribution in [-0.2, 0) is 6.54 Å². The number of carbonyl (C=O) groups is 2. The first-order chi connectivity index (χ1) is 13.6. The molecule has 0 bridgehead atoms. The Bertz CT molecular complexity index is 976. The van der Waals surface area contributed by atoms with Crippen LogP contribution in [0.3, 0.4) is 0 Å². The quantitative estimate of drug-likeness (QED) is 0.612. The Morgan fingerprint density at radius 1 is 0.964 bits per heavy atom. The van der Waals surface area contributed by atoms with Crippen molar-refractivity contribution in [2.75, 3.05) is 12.4 Å². The molecule has 1 heterocycles. The summed E-state index contributed by atoms with van der Waals surface area (Å²) in [6, 6.07) is 14.2. The number of amides is 2. The molecule has 8 heteroatoms. The molecule has 3 rings (SSSR count). The molecule has 0 unspecified atom stereocenters. The maximum absolute atomic E-state index is 12.5. The van der Waals surface area contributed by atoms with Gasteiger partial charge < -0.3 is 15.4 Å². The monoisotopic (exact) mass is 440 g/mol. The number of aromatic nitrogens is 2. The second kappa shape index (κ2) is 9.09. The van der Waals surface area contributed by atoms with Crippen molar-refractivity contribution in [3.63, 3.8) is 0 Å². The van der Waals surface area contributed by atoms with Gasteiger partial charge in [-0.3, -0.25) is 9.59 Å². The van der Waals surface area contributed by atoms with Crippen molar-refractivity contribution >= 4 is 33.6 Å². The molecule has 0 aliphatic carbocycles. The van der Waals surface area contributed by atoms with E-state index >= 15 is 0 Å². The molecule has 0 saturated heterocycles. The summed E-state index contributed by atoms with van der Waals surface area (Å²) in [6.07, 6.45) is 2.81. The third-order valence-corrected chi connectivity index (χ3v) is 4.39. The number of benzene rings is 2. The molecule has 0 atom stereocenters.